The highest BCUT2D eigenvalue weighted by Crippen LogP contribution is 2.21. The molecule has 22 heavy (non-hydrogen) atoms. The lowest BCUT2D eigenvalue weighted by molar-refractivity contribution is 0.504. The maximum Gasteiger partial charge on any atom is 0.241 e. The number of sulfonamides is 1. The van der Waals surface area contributed by atoms with E-state index in [0.717, 1.165) is 17.7 Å². The Morgan fingerprint density at radius 3 is 2.32 bits per heavy atom. The van der Waals surface area contributed by atoms with Crippen LogP contribution in [-0.4, -0.2) is 8.42 Å². The van der Waals surface area contributed by atoms with Crippen LogP contribution in [0.3, 0.4) is 0 Å². The van der Waals surface area contributed by atoms with Crippen LogP contribution in [0.25, 0.3) is 0 Å². The van der Waals surface area contributed by atoms with Gasteiger partial charge in [-0.2, -0.15) is 0 Å². The van der Waals surface area contributed by atoms with Crippen molar-refractivity contribution in [2.24, 2.45) is 0 Å². The van der Waals surface area contributed by atoms with Crippen molar-refractivity contribution in [2.75, 3.05) is 0 Å². The number of benzene rings is 2. The van der Waals surface area contributed by atoms with Gasteiger partial charge in [0.15, 0.2) is 11.6 Å². The van der Waals surface area contributed by atoms with Gasteiger partial charge in [0.1, 0.15) is 0 Å². The molecule has 0 aliphatic heterocycles. The standard InChI is InChI=1S/C16H17F2NO2S/c1-10-4-5-11(2)16(8-10)22(20,21)19-12(3)13-6-7-14(17)15(18)9-13/h4-9,12,19H,1-3H3/t12-/m1/s1. The molecule has 1 N–H and O–H groups in total. The second kappa shape index (κ2) is 6.14. The van der Waals surface area contributed by atoms with Crippen molar-refractivity contribution in [3.05, 3.63) is 64.7 Å². The number of aryl methyl sites for hydroxylation is 2. The molecule has 0 fully saturated rings. The van der Waals surface area contributed by atoms with E-state index in [2.05, 4.69) is 4.72 Å². The van der Waals surface area contributed by atoms with E-state index in [0.29, 0.717) is 11.1 Å². The van der Waals surface area contributed by atoms with Crippen LogP contribution in [0.15, 0.2) is 41.3 Å². The lowest BCUT2D eigenvalue weighted by Crippen LogP contribution is -2.27. The number of nitrogens with one attached hydrogen (secondary N) is 1. The van der Waals surface area contributed by atoms with Crippen molar-refractivity contribution in [3.63, 3.8) is 0 Å². The average Bonchev–Trinajstić information content (AvgIpc) is 2.43. The minimum absolute atomic E-state index is 0.182. The summed E-state index contributed by atoms with van der Waals surface area (Å²) in [5.41, 5.74) is 1.80. The predicted molar refractivity (Wildman–Crippen MR) is 81.0 cm³/mol. The quantitative estimate of drug-likeness (QED) is 0.933. The van der Waals surface area contributed by atoms with Gasteiger partial charge in [0.05, 0.1) is 4.90 Å². The van der Waals surface area contributed by atoms with Gasteiger partial charge in [0.2, 0.25) is 10.0 Å². The Morgan fingerprint density at radius 2 is 1.68 bits per heavy atom. The third-order valence-electron chi connectivity index (χ3n) is 3.41. The van der Waals surface area contributed by atoms with Gasteiger partial charge in [-0.25, -0.2) is 21.9 Å². The largest absolute Gasteiger partial charge is 0.241 e. The zero-order chi connectivity index (χ0) is 16.5. The first kappa shape index (κ1) is 16.6. The van der Waals surface area contributed by atoms with Crippen molar-refractivity contribution >= 4 is 10.0 Å². The second-order valence-electron chi connectivity index (χ2n) is 5.29. The van der Waals surface area contributed by atoms with E-state index >= 15 is 0 Å². The molecule has 118 valence electrons. The third kappa shape index (κ3) is 3.51. The zero-order valence-corrected chi connectivity index (χ0v) is 13.3. The van der Waals surface area contributed by atoms with E-state index in [1.165, 1.54) is 6.07 Å². The van der Waals surface area contributed by atoms with E-state index in [1.54, 1.807) is 32.9 Å². The van der Waals surface area contributed by atoms with Crippen LogP contribution >= 0.6 is 0 Å². The smallest absolute Gasteiger partial charge is 0.207 e. The van der Waals surface area contributed by atoms with Crippen molar-refractivity contribution in [3.8, 4) is 0 Å². The Balaban J connectivity index is 2.31. The molecule has 3 nitrogen and oxygen atoms in total. The third-order valence-corrected chi connectivity index (χ3v) is 5.09. The molecule has 2 aromatic rings. The summed E-state index contributed by atoms with van der Waals surface area (Å²) >= 11 is 0. The van der Waals surface area contributed by atoms with Crippen molar-refractivity contribution in [1.82, 2.24) is 4.72 Å². The molecule has 0 spiro atoms. The molecule has 2 aromatic carbocycles. The van der Waals surface area contributed by atoms with Crippen LogP contribution in [0.1, 0.15) is 29.7 Å². The number of hydrogen-bond donors (Lipinski definition) is 1. The highest BCUT2D eigenvalue weighted by molar-refractivity contribution is 7.89. The highest BCUT2D eigenvalue weighted by atomic mass is 32.2. The van der Waals surface area contributed by atoms with E-state index in [9.17, 15) is 17.2 Å². The molecule has 0 bridgehead atoms. The van der Waals surface area contributed by atoms with E-state index in [1.807, 2.05) is 6.07 Å². The number of halogens is 2. The van der Waals surface area contributed by atoms with E-state index < -0.39 is 27.7 Å². The average molecular weight is 325 g/mol. The molecule has 0 aliphatic carbocycles. The van der Waals surface area contributed by atoms with Crippen molar-refractivity contribution < 1.29 is 17.2 Å². The lowest BCUT2D eigenvalue weighted by atomic mass is 10.1. The van der Waals surface area contributed by atoms with Crippen LogP contribution in [0.4, 0.5) is 8.78 Å². The molecule has 0 radical (unpaired) electrons. The van der Waals surface area contributed by atoms with Gasteiger partial charge in [0.25, 0.3) is 0 Å². The summed E-state index contributed by atoms with van der Waals surface area (Å²) in [6.45, 7) is 5.09. The van der Waals surface area contributed by atoms with Crippen molar-refractivity contribution in [2.45, 2.75) is 31.7 Å². The molecular formula is C16H17F2NO2S. The Kier molecular flexibility index (Phi) is 4.63. The summed E-state index contributed by atoms with van der Waals surface area (Å²) in [7, 11) is -3.75. The number of rotatable bonds is 4. The molecule has 0 saturated carbocycles. The predicted octanol–water partition coefficient (Wildman–Crippen LogP) is 3.62. The minimum Gasteiger partial charge on any atom is -0.207 e. The molecule has 0 unspecified atom stereocenters. The maximum absolute atomic E-state index is 13.3. The van der Waals surface area contributed by atoms with Crippen LogP contribution in [0.2, 0.25) is 0 Å². The Bertz CT molecular complexity index is 804. The first-order chi connectivity index (χ1) is 10.2. The first-order valence-electron chi connectivity index (χ1n) is 6.75. The zero-order valence-electron chi connectivity index (χ0n) is 12.5. The van der Waals surface area contributed by atoms with Crippen LogP contribution < -0.4 is 4.72 Å². The monoisotopic (exact) mass is 325 g/mol. The molecule has 6 heteroatoms. The fraction of sp³-hybridized carbons (Fsp3) is 0.250. The normalized spacial score (nSPS) is 13.1. The highest BCUT2D eigenvalue weighted by Gasteiger charge is 2.21. The Morgan fingerprint density at radius 1 is 1.00 bits per heavy atom. The number of hydrogen-bond acceptors (Lipinski definition) is 2. The van der Waals surface area contributed by atoms with Crippen LogP contribution in [0, 0.1) is 25.5 Å². The molecule has 0 heterocycles. The summed E-state index contributed by atoms with van der Waals surface area (Å²) in [5.74, 6) is -1.97. The summed E-state index contributed by atoms with van der Waals surface area (Å²) in [6, 6.07) is 7.78. The summed E-state index contributed by atoms with van der Waals surface area (Å²) < 4.78 is 53.6. The molecule has 0 aromatic heterocycles. The SMILES string of the molecule is Cc1ccc(C)c(S(=O)(=O)N[C@H](C)c2ccc(F)c(F)c2)c1. The van der Waals surface area contributed by atoms with Gasteiger partial charge in [-0.15, -0.1) is 0 Å². The van der Waals surface area contributed by atoms with E-state index in [-0.39, 0.29) is 4.90 Å². The van der Waals surface area contributed by atoms with Crippen LogP contribution in [0.5, 0.6) is 0 Å². The minimum atomic E-state index is -3.75. The van der Waals surface area contributed by atoms with Gasteiger partial charge < -0.3 is 0 Å². The summed E-state index contributed by atoms with van der Waals surface area (Å²) in [5, 5.41) is 0. The fourth-order valence-corrected chi connectivity index (χ4v) is 3.70. The van der Waals surface area contributed by atoms with Crippen LogP contribution in [-0.2, 0) is 10.0 Å². The molecule has 0 aliphatic rings. The lowest BCUT2D eigenvalue weighted by Gasteiger charge is -2.16. The Labute approximate surface area is 129 Å². The fourth-order valence-electron chi connectivity index (χ4n) is 2.14. The summed E-state index contributed by atoms with van der Waals surface area (Å²) in [6.07, 6.45) is 0. The molecule has 0 saturated heterocycles. The topological polar surface area (TPSA) is 46.2 Å². The van der Waals surface area contributed by atoms with Gasteiger partial charge in [-0.05, 0) is 55.7 Å². The molecule has 2 rings (SSSR count). The Hall–Kier alpha value is -1.79. The van der Waals surface area contributed by atoms with Gasteiger partial charge in [-0.3, -0.25) is 0 Å². The first-order valence-corrected chi connectivity index (χ1v) is 8.23. The maximum atomic E-state index is 13.3. The van der Waals surface area contributed by atoms with Gasteiger partial charge >= 0.3 is 0 Å². The molecule has 1 atom stereocenters. The van der Waals surface area contributed by atoms with Crippen molar-refractivity contribution in [1.29, 1.82) is 0 Å². The molecular weight excluding hydrogens is 308 g/mol. The second-order valence-corrected chi connectivity index (χ2v) is 6.97. The summed E-state index contributed by atoms with van der Waals surface area (Å²) in [4.78, 5) is 0.182. The van der Waals surface area contributed by atoms with E-state index in [4.69, 9.17) is 0 Å². The van der Waals surface area contributed by atoms with Gasteiger partial charge in [-0.1, -0.05) is 18.2 Å². The van der Waals surface area contributed by atoms with Gasteiger partial charge in [0, 0.05) is 6.04 Å². The molecule has 0 amide bonds.